The van der Waals surface area contributed by atoms with Gasteiger partial charge < -0.3 is 4.74 Å². The number of halogens is 1. The molecule has 0 radical (unpaired) electrons. The Morgan fingerprint density at radius 3 is 2.80 bits per heavy atom. The van der Waals surface area contributed by atoms with E-state index in [1.54, 1.807) is 43.8 Å². The summed E-state index contributed by atoms with van der Waals surface area (Å²) in [6.45, 7) is 2.01. The summed E-state index contributed by atoms with van der Waals surface area (Å²) in [5.74, 6) is 0.722. The molecule has 2 aromatic rings. The van der Waals surface area contributed by atoms with Crippen LogP contribution in [0.5, 0.6) is 5.75 Å². The Morgan fingerprint density at radius 2 is 2.10 bits per heavy atom. The lowest BCUT2D eigenvalue weighted by molar-refractivity contribution is 0.0991. The standard InChI is InChI=1S/C16H16ClNO2/c1-3-11-10-18-7-6-14(11)15(19)9-12-8-13(17)4-5-16(12)20-2/h4-8,10H,3,9H2,1-2H3. The Labute approximate surface area is 123 Å². The maximum Gasteiger partial charge on any atom is 0.167 e. The Kier molecular flexibility index (Phi) is 4.74. The van der Waals surface area contributed by atoms with Crippen LogP contribution >= 0.6 is 11.6 Å². The molecule has 0 unspecified atom stereocenters. The van der Waals surface area contributed by atoms with Gasteiger partial charge in [0.1, 0.15) is 5.75 Å². The summed E-state index contributed by atoms with van der Waals surface area (Å²) in [5.41, 5.74) is 2.46. The molecule has 0 spiro atoms. The number of aromatic nitrogens is 1. The fourth-order valence-corrected chi connectivity index (χ4v) is 2.33. The van der Waals surface area contributed by atoms with Gasteiger partial charge in [-0.2, -0.15) is 0 Å². The summed E-state index contributed by atoms with van der Waals surface area (Å²) in [7, 11) is 1.58. The van der Waals surface area contributed by atoms with Gasteiger partial charge in [0.05, 0.1) is 7.11 Å². The number of nitrogens with zero attached hydrogens (tertiary/aromatic N) is 1. The van der Waals surface area contributed by atoms with Gasteiger partial charge in [-0.25, -0.2) is 0 Å². The number of Topliss-reactive ketones (excluding diaryl/α,β-unsaturated/α-hetero) is 1. The topological polar surface area (TPSA) is 39.2 Å². The van der Waals surface area contributed by atoms with Gasteiger partial charge >= 0.3 is 0 Å². The summed E-state index contributed by atoms with van der Waals surface area (Å²) in [4.78, 5) is 16.5. The van der Waals surface area contributed by atoms with Crippen molar-refractivity contribution in [3.05, 3.63) is 58.4 Å². The van der Waals surface area contributed by atoms with Crippen molar-refractivity contribution in [1.29, 1.82) is 0 Å². The quantitative estimate of drug-likeness (QED) is 0.787. The van der Waals surface area contributed by atoms with Crippen molar-refractivity contribution in [1.82, 2.24) is 4.98 Å². The Bertz CT molecular complexity index is 626. The first-order valence-electron chi connectivity index (χ1n) is 6.44. The summed E-state index contributed by atoms with van der Waals surface area (Å²) in [6, 6.07) is 7.06. The molecular weight excluding hydrogens is 274 g/mol. The van der Waals surface area contributed by atoms with E-state index in [1.165, 1.54) is 0 Å². The zero-order valence-corrected chi connectivity index (χ0v) is 12.3. The highest BCUT2D eigenvalue weighted by molar-refractivity contribution is 6.30. The van der Waals surface area contributed by atoms with Crippen molar-refractivity contribution < 1.29 is 9.53 Å². The monoisotopic (exact) mass is 289 g/mol. The fraction of sp³-hybridized carbons (Fsp3) is 0.250. The first kappa shape index (κ1) is 14.5. The fourth-order valence-electron chi connectivity index (χ4n) is 2.13. The number of carbonyl (C=O) groups is 1. The van der Waals surface area contributed by atoms with Gasteiger partial charge in [-0.1, -0.05) is 18.5 Å². The third-order valence-corrected chi connectivity index (χ3v) is 3.41. The molecule has 0 saturated carbocycles. The van der Waals surface area contributed by atoms with E-state index < -0.39 is 0 Å². The number of benzene rings is 1. The molecule has 0 atom stereocenters. The number of pyridine rings is 1. The van der Waals surface area contributed by atoms with E-state index in [-0.39, 0.29) is 12.2 Å². The van der Waals surface area contributed by atoms with Crippen molar-refractivity contribution in [3.63, 3.8) is 0 Å². The van der Waals surface area contributed by atoms with Crippen molar-refractivity contribution in [2.75, 3.05) is 7.11 Å². The minimum Gasteiger partial charge on any atom is -0.496 e. The van der Waals surface area contributed by atoms with Crippen LogP contribution < -0.4 is 4.74 Å². The molecule has 0 aliphatic rings. The molecule has 2 rings (SSSR count). The number of rotatable bonds is 5. The predicted molar refractivity (Wildman–Crippen MR) is 79.7 cm³/mol. The van der Waals surface area contributed by atoms with Crippen molar-refractivity contribution >= 4 is 17.4 Å². The molecule has 1 heterocycles. The number of hydrogen-bond donors (Lipinski definition) is 0. The number of ether oxygens (including phenoxy) is 1. The average Bonchev–Trinajstić information content (AvgIpc) is 2.47. The van der Waals surface area contributed by atoms with Crippen LogP contribution in [-0.4, -0.2) is 17.9 Å². The second kappa shape index (κ2) is 6.53. The first-order valence-corrected chi connectivity index (χ1v) is 6.82. The van der Waals surface area contributed by atoms with Crippen LogP contribution in [0.4, 0.5) is 0 Å². The summed E-state index contributed by atoms with van der Waals surface area (Å²) < 4.78 is 5.27. The summed E-state index contributed by atoms with van der Waals surface area (Å²) >= 11 is 5.98. The molecule has 1 aromatic carbocycles. The maximum absolute atomic E-state index is 12.4. The SMILES string of the molecule is CCc1cnccc1C(=O)Cc1cc(Cl)ccc1OC. The third-order valence-electron chi connectivity index (χ3n) is 3.18. The summed E-state index contributed by atoms with van der Waals surface area (Å²) in [5, 5.41) is 0.596. The van der Waals surface area contributed by atoms with E-state index >= 15 is 0 Å². The molecule has 0 amide bonds. The van der Waals surface area contributed by atoms with E-state index in [9.17, 15) is 4.79 Å². The van der Waals surface area contributed by atoms with Crippen LogP contribution in [0.15, 0.2) is 36.7 Å². The zero-order chi connectivity index (χ0) is 14.5. The van der Waals surface area contributed by atoms with E-state index in [4.69, 9.17) is 16.3 Å². The molecule has 20 heavy (non-hydrogen) atoms. The van der Waals surface area contributed by atoms with Crippen LogP contribution in [0.25, 0.3) is 0 Å². The van der Waals surface area contributed by atoms with Crippen LogP contribution in [0, 0.1) is 0 Å². The van der Waals surface area contributed by atoms with Crippen LogP contribution in [0.2, 0.25) is 5.02 Å². The number of methoxy groups -OCH3 is 1. The normalized spacial score (nSPS) is 10.3. The van der Waals surface area contributed by atoms with Crippen LogP contribution in [0.1, 0.15) is 28.4 Å². The van der Waals surface area contributed by atoms with Crippen molar-refractivity contribution in [3.8, 4) is 5.75 Å². The van der Waals surface area contributed by atoms with E-state index in [1.807, 2.05) is 6.92 Å². The third kappa shape index (κ3) is 3.17. The molecule has 0 aliphatic heterocycles. The lowest BCUT2D eigenvalue weighted by atomic mass is 9.98. The smallest absolute Gasteiger partial charge is 0.167 e. The lowest BCUT2D eigenvalue weighted by Crippen LogP contribution is -2.08. The molecule has 0 fully saturated rings. The van der Waals surface area contributed by atoms with E-state index in [2.05, 4.69) is 4.98 Å². The highest BCUT2D eigenvalue weighted by atomic mass is 35.5. The second-order valence-corrected chi connectivity index (χ2v) is 4.88. The number of aryl methyl sites for hydroxylation is 1. The average molecular weight is 290 g/mol. The number of ketones is 1. The van der Waals surface area contributed by atoms with Crippen molar-refractivity contribution in [2.45, 2.75) is 19.8 Å². The van der Waals surface area contributed by atoms with Crippen molar-refractivity contribution in [2.24, 2.45) is 0 Å². The second-order valence-electron chi connectivity index (χ2n) is 4.44. The van der Waals surface area contributed by atoms with Gasteiger partial charge in [-0.3, -0.25) is 9.78 Å². The lowest BCUT2D eigenvalue weighted by Gasteiger charge is -2.10. The Balaban J connectivity index is 2.30. The largest absolute Gasteiger partial charge is 0.496 e. The first-order chi connectivity index (χ1) is 9.65. The van der Waals surface area contributed by atoms with E-state index in [0.717, 1.165) is 17.5 Å². The molecule has 104 valence electrons. The Morgan fingerprint density at radius 1 is 1.30 bits per heavy atom. The highest BCUT2D eigenvalue weighted by Gasteiger charge is 2.14. The molecule has 4 heteroatoms. The van der Waals surface area contributed by atoms with Gasteiger partial charge in [0.15, 0.2) is 5.78 Å². The zero-order valence-electron chi connectivity index (χ0n) is 11.5. The minimum absolute atomic E-state index is 0.0461. The van der Waals surface area contributed by atoms with Gasteiger partial charge in [0.25, 0.3) is 0 Å². The molecule has 0 aliphatic carbocycles. The van der Waals surface area contributed by atoms with Crippen LogP contribution in [0.3, 0.4) is 0 Å². The molecular formula is C16H16ClNO2. The number of hydrogen-bond acceptors (Lipinski definition) is 3. The van der Waals surface area contributed by atoms with Crippen LogP contribution in [-0.2, 0) is 12.8 Å². The summed E-state index contributed by atoms with van der Waals surface area (Å²) in [6.07, 6.45) is 4.42. The Hall–Kier alpha value is -1.87. The predicted octanol–water partition coefficient (Wildman–Crippen LogP) is 3.73. The minimum atomic E-state index is 0.0461. The molecule has 1 aromatic heterocycles. The molecule has 0 saturated heterocycles. The highest BCUT2D eigenvalue weighted by Crippen LogP contribution is 2.24. The van der Waals surface area contributed by atoms with Gasteiger partial charge in [0.2, 0.25) is 0 Å². The molecule has 3 nitrogen and oxygen atoms in total. The van der Waals surface area contributed by atoms with Gasteiger partial charge in [0, 0.05) is 35.0 Å². The van der Waals surface area contributed by atoms with E-state index in [0.29, 0.717) is 16.3 Å². The van der Waals surface area contributed by atoms with Gasteiger partial charge in [-0.15, -0.1) is 0 Å². The van der Waals surface area contributed by atoms with Gasteiger partial charge in [-0.05, 0) is 36.2 Å². The molecule has 0 N–H and O–H groups in total. The molecule has 0 bridgehead atoms. The maximum atomic E-state index is 12.4. The number of carbonyl (C=O) groups excluding carboxylic acids is 1.